The van der Waals surface area contributed by atoms with Gasteiger partial charge < -0.3 is 9.64 Å². The first kappa shape index (κ1) is 15.3. The van der Waals surface area contributed by atoms with Crippen LogP contribution >= 0.6 is 0 Å². The fraction of sp³-hybridized carbons (Fsp3) is 0.875. The summed E-state index contributed by atoms with van der Waals surface area (Å²) in [6.45, 7) is 3.19. The molecule has 0 N–H and O–H groups in total. The molecule has 1 saturated heterocycles. The maximum atomic E-state index is 12.4. The molecule has 2 fully saturated rings. The van der Waals surface area contributed by atoms with Gasteiger partial charge in [-0.1, -0.05) is 13.3 Å². The summed E-state index contributed by atoms with van der Waals surface area (Å²) in [5.74, 6) is 1.34. The maximum absolute atomic E-state index is 12.4. The van der Waals surface area contributed by atoms with Gasteiger partial charge in [0.1, 0.15) is 0 Å². The Hall–Kier alpha value is -1.06. The minimum atomic E-state index is -0.222. The zero-order valence-corrected chi connectivity index (χ0v) is 12.8. The number of ether oxygens (including phenoxy) is 1. The summed E-state index contributed by atoms with van der Waals surface area (Å²) in [5, 5.41) is 0. The van der Waals surface area contributed by atoms with E-state index in [1.54, 1.807) is 0 Å². The first-order chi connectivity index (χ1) is 9.63. The van der Waals surface area contributed by atoms with E-state index in [9.17, 15) is 9.59 Å². The molecule has 0 spiro atoms. The molecule has 2 aliphatic rings. The molecule has 2 rings (SSSR count). The van der Waals surface area contributed by atoms with E-state index in [4.69, 9.17) is 0 Å². The lowest BCUT2D eigenvalue weighted by atomic mass is 9.73. The molecule has 4 heteroatoms. The number of fused-ring (bicyclic) bond motifs is 1. The van der Waals surface area contributed by atoms with Gasteiger partial charge in [-0.2, -0.15) is 0 Å². The number of carbonyl (C=O) groups is 2. The summed E-state index contributed by atoms with van der Waals surface area (Å²) >= 11 is 0. The summed E-state index contributed by atoms with van der Waals surface area (Å²) in [7, 11) is 1.39. The third-order valence-corrected chi connectivity index (χ3v) is 4.95. The quantitative estimate of drug-likeness (QED) is 0.744. The van der Waals surface area contributed by atoms with Crippen LogP contribution in [0.15, 0.2) is 0 Å². The van der Waals surface area contributed by atoms with Crippen LogP contribution in [0.4, 0.5) is 0 Å². The third kappa shape index (κ3) is 3.53. The van der Waals surface area contributed by atoms with Crippen molar-refractivity contribution in [3.05, 3.63) is 0 Å². The number of rotatable bonds is 4. The lowest BCUT2D eigenvalue weighted by Gasteiger charge is -2.47. The Kier molecular flexibility index (Phi) is 5.44. The predicted molar refractivity (Wildman–Crippen MR) is 77.1 cm³/mol. The highest BCUT2D eigenvalue weighted by molar-refractivity contribution is 5.77. The molecule has 0 aromatic heterocycles. The summed E-state index contributed by atoms with van der Waals surface area (Å²) in [4.78, 5) is 25.7. The predicted octanol–water partition coefficient (Wildman–Crippen LogP) is 2.76. The van der Waals surface area contributed by atoms with Gasteiger partial charge in [0.2, 0.25) is 5.91 Å². The zero-order valence-electron chi connectivity index (χ0n) is 12.8. The minimum Gasteiger partial charge on any atom is -0.469 e. The molecule has 1 aliphatic carbocycles. The molecule has 1 heterocycles. The van der Waals surface area contributed by atoms with Gasteiger partial charge in [0.25, 0.3) is 0 Å². The van der Waals surface area contributed by atoms with Crippen LogP contribution in [-0.2, 0) is 14.3 Å². The fourth-order valence-electron chi connectivity index (χ4n) is 3.98. The summed E-state index contributed by atoms with van der Waals surface area (Å²) in [6, 6.07) is 0.447. The molecule has 0 radical (unpaired) electrons. The van der Waals surface area contributed by atoms with Crippen molar-refractivity contribution in [3.8, 4) is 0 Å². The molecule has 114 valence electrons. The monoisotopic (exact) mass is 281 g/mol. The van der Waals surface area contributed by atoms with E-state index in [1.807, 2.05) is 0 Å². The Labute approximate surface area is 121 Å². The number of hydrogen-bond donors (Lipinski definition) is 0. The van der Waals surface area contributed by atoms with Crippen LogP contribution in [0.5, 0.6) is 0 Å². The van der Waals surface area contributed by atoms with E-state index in [0.717, 1.165) is 13.0 Å². The summed E-state index contributed by atoms with van der Waals surface area (Å²) in [5.41, 5.74) is 0. The molecule has 1 amide bonds. The second-order valence-electron chi connectivity index (χ2n) is 6.32. The number of hydrogen-bond acceptors (Lipinski definition) is 3. The van der Waals surface area contributed by atoms with E-state index in [2.05, 4.69) is 16.6 Å². The fourth-order valence-corrected chi connectivity index (χ4v) is 3.98. The molecule has 4 nitrogen and oxygen atoms in total. The normalized spacial score (nSPS) is 29.7. The Balaban J connectivity index is 1.88. The van der Waals surface area contributed by atoms with Gasteiger partial charge in [0.15, 0.2) is 0 Å². The number of amides is 1. The van der Waals surface area contributed by atoms with Crippen molar-refractivity contribution >= 4 is 11.9 Å². The minimum absolute atomic E-state index is 0.222. The van der Waals surface area contributed by atoms with Crippen molar-refractivity contribution in [2.75, 3.05) is 13.7 Å². The highest BCUT2D eigenvalue weighted by Gasteiger charge is 2.39. The van der Waals surface area contributed by atoms with Gasteiger partial charge in [0.05, 0.1) is 7.11 Å². The van der Waals surface area contributed by atoms with E-state index < -0.39 is 0 Å². The average molecular weight is 281 g/mol. The average Bonchev–Trinajstić information content (AvgIpc) is 2.46. The van der Waals surface area contributed by atoms with E-state index in [-0.39, 0.29) is 11.9 Å². The van der Waals surface area contributed by atoms with E-state index in [0.29, 0.717) is 37.1 Å². The molecule has 0 aromatic carbocycles. The highest BCUT2D eigenvalue weighted by Crippen LogP contribution is 2.38. The zero-order chi connectivity index (χ0) is 14.5. The Morgan fingerprint density at radius 2 is 1.90 bits per heavy atom. The van der Waals surface area contributed by atoms with Crippen LogP contribution in [-0.4, -0.2) is 36.5 Å². The topological polar surface area (TPSA) is 46.6 Å². The van der Waals surface area contributed by atoms with Gasteiger partial charge in [-0.05, 0) is 43.9 Å². The first-order valence-corrected chi connectivity index (χ1v) is 7.99. The van der Waals surface area contributed by atoms with Crippen LogP contribution in [0.2, 0.25) is 0 Å². The molecule has 20 heavy (non-hydrogen) atoms. The lowest BCUT2D eigenvalue weighted by Crippen LogP contribution is -2.53. The van der Waals surface area contributed by atoms with Crippen molar-refractivity contribution in [1.82, 2.24) is 4.90 Å². The molecule has 0 bridgehead atoms. The molecular formula is C16H27NO3. The van der Waals surface area contributed by atoms with Gasteiger partial charge >= 0.3 is 5.97 Å². The van der Waals surface area contributed by atoms with Gasteiger partial charge in [-0.25, -0.2) is 0 Å². The van der Waals surface area contributed by atoms with Crippen molar-refractivity contribution in [2.24, 2.45) is 11.8 Å². The van der Waals surface area contributed by atoms with Crippen molar-refractivity contribution < 1.29 is 14.3 Å². The third-order valence-electron chi connectivity index (χ3n) is 4.95. The largest absolute Gasteiger partial charge is 0.469 e. The van der Waals surface area contributed by atoms with E-state index in [1.165, 1.54) is 32.8 Å². The maximum Gasteiger partial charge on any atom is 0.305 e. The molecule has 3 atom stereocenters. The van der Waals surface area contributed by atoms with E-state index >= 15 is 0 Å². The van der Waals surface area contributed by atoms with Gasteiger partial charge in [-0.15, -0.1) is 0 Å². The second kappa shape index (κ2) is 7.09. The van der Waals surface area contributed by atoms with Crippen molar-refractivity contribution in [1.29, 1.82) is 0 Å². The number of piperidine rings is 1. The van der Waals surface area contributed by atoms with Crippen LogP contribution in [0.25, 0.3) is 0 Å². The lowest BCUT2D eigenvalue weighted by molar-refractivity contribution is -0.141. The Morgan fingerprint density at radius 3 is 2.65 bits per heavy atom. The summed E-state index contributed by atoms with van der Waals surface area (Å²) in [6.07, 6.45) is 7.68. The van der Waals surface area contributed by atoms with Crippen LogP contribution in [0, 0.1) is 11.8 Å². The first-order valence-electron chi connectivity index (χ1n) is 7.99. The molecular weight excluding hydrogens is 254 g/mol. The van der Waals surface area contributed by atoms with Crippen molar-refractivity contribution in [2.45, 2.75) is 64.3 Å². The number of nitrogens with zero attached hydrogens (tertiary/aromatic N) is 1. The molecule has 0 unspecified atom stereocenters. The molecule has 0 aromatic rings. The standard InChI is InChI=1S/C16H27NO3/c1-12-6-3-7-13-8-5-11-17(16(12)13)14(18)9-4-10-15(19)20-2/h12-13,16H,3-11H2,1-2H3/t12-,13-,16+/m0/s1. The molecule has 1 saturated carbocycles. The van der Waals surface area contributed by atoms with Gasteiger partial charge in [0, 0.05) is 25.4 Å². The van der Waals surface area contributed by atoms with Crippen molar-refractivity contribution in [3.63, 3.8) is 0 Å². The Morgan fingerprint density at radius 1 is 1.15 bits per heavy atom. The smallest absolute Gasteiger partial charge is 0.305 e. The molecule has 1 aliphatic heterocycles. The van der Waals surface area contributed by atoms with Crippen LogP contribution < -0.4 is 0 Å². The van der Waals surface area contributed by atoms with Crippen LogP contribution in [0.1, 0.15) is 58.3 Å². The second-order valence-corrected chi connectivity index (χ2v) is 6.32. The number of likely N-dealkylation sites (tertiary alicyclic amines) is 1. The SMILES string of the molecule is COC(=O)CCCC(=O)N1CCC[C@@H]2CCC[C@H](C)[C@H]21. The number of esters is 1. The number of carbonyl (C=O) groups excluding carboxylic acids is 2. The Bertz CT molecular complexity index is 354. The highest BCUT2D eigenvalue weighted by atomic mass is 16.5. The number of methoxy groups -OCH3 is 1. The summed E-state index contributed by atoms with van der Waals surface area (Å²) < 4.78 is 4.62. The van der Waals surface area contributed by atoms with Gasteiger partial charge in [-0.3, -0.25) is 9.59 Å². The van der Waals surface area contributed by atoms with Crippen LogP contribution in [0.3, 0.4) is 0 Å².